The zero-order valence-corrected chi connectivity index (χ0v) is 8.82. The molecule has 1 fully saturated rings. The summed E-state index contributed by atoms with van der Waals surface area (Å²) in [6.45, 7) is 0.929. The summed E-state index contributed by atoms with van der Waals surface area (Å²) in [5.41, 5.74) is 0. The Hall–Kier alpha value is -1.39. The predicted octanol–water partition coefficient (Wildman–Crippen LogP) is 1.18. The molecule has 1 aromatic rings. The maximum Gasteiger partial charge on any atom is 0.119 e. The van der Waals surface area contributed by atoms with Crippen molar-refractivity contribution in [2.24, 2.45) is 0 Å². The maximum absolute atomic E-state index is 7.67. The fourth-order valence-corrected chi connectivity index (χ4v) is 1.94. The SMILES string of the molecule is N=C1CCCCC(CCn2cnnc2)N1. The van der Waals surface area contributed by atoms with Crippen LogP contribution in [0.5, 0.6) is 0 Å². The minimum Gasteiger partial charge on any atom is -0.371 e. The van der Waals surface area contributed by atoms with E-state index < -0.39 is 0 Å². The van der Waals surface area contributed by atoms with E-state index in [1.165, 1.54) is 12.8 Å². The van der Waals surface area contributed by atoms with Crippen LogP contribution in [-0.2, 0) is 6.54 Å². The summed E-state index contributed by atoms with van der Waals surface area (Å²) in [4.78, 5) is 0. The van der Waals surface area contributed by atoms with Crippen molar-refractivity contribution in [2.45, 2.75) is 44.7 Å². The zero-order chi connectivity index (χ0) is 10.5. The third-order valence-corrected chi connectivity index (χ3v) is 2.81. The Morgan fingerprint density at radius 1 is 1.40 bits per heavy atom. The van der Waals surface area contributed by atoms with Crippen LogP contribution < -0.4 is 5.32 Å². The lowest BCUT2D eigenvalue weighted by atomic mass is 10.1. The van der Waals surface area contributed by atoms with Gasteiger partial charge in [-0.15, -0.1) is 10.2 Å². The largest absolute Gasteiger partial charge is 0.371 e. The monoisotopic (exact) mass is 207 g/mol. The van der Waals surface area contributed by atoms with E-state index in [2.05, 4.69) is 15.5 Å². The molecule has 82 valence electrons. The van der Waals surface area contributed by atoms with E-state index in [9.17, 15) is 0 Å². The van der Waals surface area contributed by atoms with Crippen molar-refractivity contribution in [3.63, 3.8) is 0 Å². The van der Waals surface area contributed by atoms with Gasteiger partial charge in [-0.1, -0.05) is 6.42 Å². The smallest absolute Gasteiger partial charge is 0.119 e. The van der Waals surface area contributed by atoms with Crippen molar-refractivity contribution in [3.05, 3.63) is 12.7 Å². The summed E-state index contributed by atoms with van der Waals surface area (Å²) in [6, 6.07) is 0.447. The number of rotatable bonds is 3. The number of hydrogen-bond donors (Lipinski definition) is 2. The topological polar surface area (TPSA) is 66.6 Å². The standard InChI is InChI=1S/C10H17N5/c11-10-4-2-1-3-9(14-10)5-6-15-7-12-13-8-15/h7-9H,1-6H2,(H2,11,14). The Morgan fingerprint density at radius 2 is 2.20 bits per heavy atom. The van der Waals surface area contributed by atoms with Crippen LogP contribution in [-0.4, -0.2) is 26.6 Å². The van der Waals surface area contributed by atoms with Crippen LogP contribution in [0.2, 0.25) is 0 Å². The lowest BCUT2D eigenvalue weighted by Gasteiger charge is -2.16. The molecule has 0 amide bonds. The Kier molecular flexibility index (Phi) is 3.32. The van der Waals surface area contributed by atoms with Gasteiger partial charge in [0.2, 0.25) is 0 Å². The normalized spacial score (nSPS) is 22.1. The van der Waals surface area contributed by atoms with E-state index in [1.54, 1.807) is 12.7 Å². The number of nitrogens with zero attached hydrogens (tertiary/aromatic N) is 3. The van der Waals surface area contributed by atoms with Crippen LogP contribution in [0.3, 0.4) is 0 Å². The molecular formula is C10H17N5. The summed E-state index contributed by atoms with van der Waals surface area (Å²) in [7, 11) is 0. The Balaban J connectivity index is 1.80. The fraction of sp³-hybridized carbons (Fsp3) is 0.700. The number of amidine groups is 1. The van der Waals surface area contributed by atoms with Crippen LogP contribution >= 0.6 is 0 Å². The summed E-state index contributed by atoms with van der Waals surface area (Å²) >= 11 is 0. The van der Waals surface area contributed by atoms with Gasteiger partial charge in [0.25, 0.3) is 0 Å². The molecule has 1 aliphatic heterocycles. The van der Waals surface area contributed by atoms with Crippen molar-refractivity contribution in [3.8, 4) is 0 Å². The highest BCUT2D eigenvalue weighted by molar-refractivity contribution is 5.79. The Labute approximate surface area is 89.4 Å². The zero-order valence-electron chi connectivity index (χ0n) is 8.82. The van der Waals surface area contributed by atoms with E-state index in [0.29, 0.717) is 11.9 Å². The molecule has 1 atom stereocenters. The van der Waals surface area contributed by atoms with Crippen molar-refractivity contribution in [2.75, 3.05) is 0 Å². The lowest BCUT2D eigenvalue weighted by Crippen LogP contribution is -2.33. The van der Waals surface area contributed by atoms with E-state index in [4.69, 9.17) is 5.41 Å². The first-order chi connectivity index (χ1) is 7.34. The van der Waals surface area contributed by atoms with Crippen LogP contribution in [0.1, 0.15) is 32.1 Å². The first kappa shape index (κ1) is 10.1. The van der Waals surface area contributed by atoms with Crippen molar-refractivity contribution < 1.29 is 0 Å². The quantitative estimate of drug-likeness (QED) is 0.782. The highest BCUT2D eigenvalue weighted by Crippen LogP contribution is 2.12. The molecule has 0 aromatic carbocycles. The third kappa shape index (κ3) is 3.04. The molecular weight excluding hydrogens is 190 g/mol. The van der Waals surface area contributed by atoms with E-state index >= 15 is 0 Å². The molecule has 0 saturated carbocycles. The summed E-state index contributed by atoms with van der Waals surface area (Å²) in [5, 5.41) is 18.5. The van der Waals surface area contributed by atoms with Crippen LogP contribution in [0.4, 0.5) is 0 Å². The molecule has 0 aliphatic carbocycles. The van der Waals surface area contributed by atoms with E-state index in [1.807, 2.05) is 4.57 Å². The van der Waals surface area contributed by atoms with Gasteiger partial charge in [-0.2, -0.15) is 0 Å². The minimum atomic E-state index is 0.447. The second kappa shape index (κ2) is 4.91. The van der Waals surface area contributed by atoms with E-state index in [0.717, 1.165) is 25.8 Å². The highest BCUT2D eigenvalue weighted by atomic mass is 15.2. The van der Waals surface area contributed by atoms with Gasteiger partial charge in [-0.05, 0) is 19.3 Å². The van der Waals surface area contributed by atoms with Crippen LogP contribution in [0, 0.1) is 5.41 Å². The molecule has 5 heteroatoms. The molecule has 0 bridgehead atoms. The summed E-state index contributed by atoms with van der Waals surface area (Å²) in [6.07, 6.45) is 8.97. The van der Waals surface area contributed by atoms with Crippen LogP contribution in [0.15, 0.2) is 12.7 Å². The predicted molar refractivity (Wildman–Crippen MR) is 57.8 cm³/mol. The van der Waals surface area contributed by atoms with Gasteiger partial charge in [0, 0.05) is 19.0 Å². The van der Waals surface area contributed by atoms with Gasteiger partial charge in [0.05, 0.1) is 5.84 Å². The number of hydrogen-bond acceptors (Lipinski definition) is 3. The number of aromatic nitrogens is 3. The Bertz CT molecular complexity index is 306. The summed E-state index contributed by atoms with van der Waals surface area (Å²) in [5.74, 6) is 0.696. The molecule has 0 radical (unpaired) electrons. The van der Waals surface area contributed by atoms with E-state index in [-0.39, 0.29) is 0 Å². The maximum atomic E-state index is 7.67. The molecule has 1 saturated heterocycles. The third-order valence-electron chi connectivity index (χ3n) is 2.81. The van der Waals surface area contributed by atoms with Crippen molar-refractivity contribution >= 4 is 5.84 Å². The minimum absolute atomic E-state index is 0.447. The average molecular weight is 207 g/mol. The van der Waals surface area contributed by atoms with Gasteiger partial charge in [-0.25, -0.2) is 0 Å². The molecule has 1 aromatic heterocycles. The summed E-state index contributed by atoms with van der Waals surface area (Å²) < 4.78 is 1.98. The number of aryl methyl sites for hydroxylation is 1. The first-order valence-electron chi connectivity index (χ1n) is 5.51. The highest BCUT2D eigenvalue weighted by Gasteiger charge is 2.13. The molecule has 15 heavy (non-hydrogen) atoms. The fourth-order valence-electron chi connectivity index (χ4n) is 1.94. The van der Waals surface area contributed by atoms with Gasteiger partial charge in [0.1, 0.15) is 12.7 Å². The second-order valence-electron chi connectivity index (χ2n) is 4.05. The molecule has 2 N–H and O–H groups in total. The average Bonchev–Trinajstić information content (AvgIpc) is 2.65. The van der Waals surface area contributed by atoms with Gasteiger partial charge in [-0.3, -0.25) is 5.41 Å². The first-order valence-corrected chi connectivity index (χ1v) is 5.51. The lowest BCUT2D eigenvalue weighted by molar-refractivity contribution is 0.475. The van der Waals surface area contributed by atoms with Crippen molar-refractivity contribution in [1.29, 1.82) is 5.41 Å². The molecule has 2 rings (SSSR count). The molecule has 1 unspecified atom stereocenters. The molecule has 0 spiro atoms. The van der Waals surface area contributed by atoms with Gasteiger partial charge in [0.15, 0.2) is 0 Å². The second-order valence-corrected chi connectivity index (χ2v) is 4.05. The molecule has 1 aliphatic rings. The Morgan fingerprint density at radius 3 is 3.00 bits per heavy atom. The van der Waals surface area contributed by atoms with Gasteiger partial charge < -0.3 is 9.88 Å². The molecule has 2 heterocycles. The number of nitrogens with one attached hydrogen (secondary N) is 2. The van der Waals surface area contributed by atoms with Gasteiger partial charge >= 0.3 is 0 Å². The van der Waals surface area contributed by atoms with Crippen molar-refractivity contribution in [1.82, 2.24) is 20.1 Å². The van der Waals surface area contributed by atoms with Crippen LogP contribution in [0.25, 0.3) is 0 Å². The molecule has 5 nitrogen and oxygen atoms in total.